The SMILES string of the molecule is COCC1C[C@@H](C(=O)O[Si](C)(C)C(C)(C)C)N(C(=O)OC(C)(C)C)C1. The van der Waals surface area contributed by atoms with Crippen molar-refractivity contribution < 1.29 is 23.5 Å². The van der Waals surface area contributed by atoms with E-state index in [1.54, 1.807) is 7.11 Å². The van der Waals surface area contributed by atoms with Gasteiger partial charge in [0.15, 0.2) is 0 Å². The van der Waals surface area contributed by atoms with Crippen LogP contribution in [0.15, 0.2) is 0 Å². The molecular formula is C18H35NO5Si. The summed E-state index contributed by atoms with van der Waals surface area (Å²) in [7, 11) is -0.623. The second-order valence-electron chi connectivity index (χ2n) is 9.39. The molecule has 1 amide bonds. The summed E-state index contributed by atoms with van der Waals surface area (Å²) in [6.07, 6.45) is 0.0730. The molecule has 1 saturated heterocycles. The Morgan fingerprint density at radius 2 is 1.68 bits per heavy atom. The van der Waals surface area contributed by atoms with E-state index >= 15 is 0 Å². The van der Waals surface area contributed by atoms with E-state index in [4.69, 9.17) is 13.9 Å². The van der Waals surface area contributed by atoms with Gasteiger partial charge in [0.05, 0.1) is 6.61 Å². The van der Waals surface area contributed by atoms with Gasteiger partial charge in [0.25, 0.3) is 8.32 Å². The number of hydrogen-bond acceptors (Lipinski definition) is 5. The topological polar surface area (TPSA) is 65.1 Å². The fourth-order valence-corrected chi connectivity index (χ4v) is 3.44. The summed E-state index contributed by atoms with van der Waals surface area (Å²) >= 11 is 0. The van der Waals surface area contributed by atoms with Crippen LogP contribution in [0.25, 0.3) is 0 Å². The average molecular weight is 374 g/mol. The zero-order chi connectivity index (χ0) is 19.6. The molecule has 0 aromatic heterocycles. The molecule has 6 nitrogen and oxygen atoms in total. The molecule has 0 aliphatic carbocycles. The van der Waals surface area contributed by atoms with Gasteiger partial charge in [-0.25, -0.2) is 4.79 Å². The highest BCUT2D eigenvalue weighted by atomic mass is 28.4. The minimum absolute atomic E-state index is 0.0794. The fraction of sp³-hybridized carbons (Fsp3) is 0.889. The zero-order valence-corrected chi connectivity index (χ0v) is 18.3. The van der Waals surface area contributed by atoms with Crippen molar-refractivity contribution in [2.45, 2.75) is 77.7 Å². The highest BCUT2D eigenvalue weighted by molar-refractivity contribution is 6.75. The van der Waals surface area contributed by atoms with Crippen molar-refractivity contribution in [3.8, 4) is 0 Å². The van der Waals surface area contributed by atoms with Crippen LogP contribution in [0.5, 0.6) is 0 Å². The Kier molecular flexibility index (Phi) is 6.73. The maximum atomic E-state index is 12.9. The second kappa shape index (κ2) is 7.66. The van der Waals surface area contributed by atoms with E-state index in [0.717, 1.165) is 0 Å². The van der Waals surface area contributed by atoms with Gasteiger partial charge in [-0.05, 0) is 45.3 Å². The maximum absolute atomic E-state index is 12.9. The summed E-state index contributed by atoms with van der Waals surface area (Å²) in [5, 5.41) is -0.0794. The molecule has 0 aromatic carbocycles. The average Bonchev–Trinajstić information content (AvgIpc) is 2.79. The Balaban J connectivity index is 2.95. The summed E-state index contributed by atoms with van der Waals surface area (Å²) in [6, 6.07) is -0.607. The molecule has 0 radical (unpaired) electrons. The van der Waals surface area contributed by atoms with E-state index in [9.17, 15) is 9.59 Å². The molecule has 1 aliphatic heterocycles. The van der Waals surface area contributed by atoms with Crippen LogP contribution in [0, 0.1) is 5.92 Å². The highest BCUT2D eigenvalue weighted by Gasteiger charge is 2.46. The standard InChI is InChI=1S/C18H35NO5Si/c1-17(2,3)23-16(21)19-11-13(12-22-7)10-14(19)15(20)24-25(8,9)18(4,5)6/h13-14H,10-12H2,1-9H3/t13?,14-/m0/s1. The fourth-order valence-electron chi connectivity index (χ4n) is 2.50. The zero-order valence-electron chi connectivity index (χ0n) is 17.3. The van der Waals surface area contributed by atoms with Crippen molar-refractivity contribution in [2.24, 2.45) is 5.92 Å². The molecule has 1 unspecified atom stereocenters. The minimum Gasteiger partial charge on any atom is -0.518 e. The van der Waals surface area contributed by atoms with Gasteiger partial charge < -0.3 is 13.9 Å². The number of methoxy groups -OCH3 is 1. The number of carbonyl (C=O) groups is 2. The number of nitrogens with zero attached hydrogens (tertiary/aromatic N) is 1. The smallest absolute Gasteiger partial charge is 0.411 e. The van der Waals surface area contributed by atoms with Crippen LogP contribution in [0.2, 0.25) is 18.1 Å². The van der Waals surface area contributed by atoms with Gasteiger partial charge in [0.2, 0.25) is 0 Å². The summed E-state index contributed by atoms with van der Waals surface area (Å²) in [5.74, 6) is -0.217. The first-order valence-corrected chi connectivity index (χ1v) is 11.8. The Labute approximate surface area is 153 Å². The minimum atomic E-state index is -2.25. The first-order valence-electron chi connectivity index (χ1n) is 8.89. The van der Waals surface area contributed by atoms with E-state index in [1.807, 2.05) is 33.9 Å². The van der Waals surface area contributed by atoms with Gasteiger partial charge in [-0.15, -0.1) is 0 Å². The third-order valence-electron chi connectivity index (χ3n) is 4.85. The first kappa shape index (κ1) is 22.0. The Hall–Kier alpha value is -1.08. The summed E-state index contributed by atoms with van der Waals surface area (Å²) < 4.78 is 16.6. The number of carbonyl (C=O) groups excluding carboxylic acids is 2. The lowest BCUT2D eigenvalue weighted by Crippen LogP contribution is -2.49. The van der Waals surface area contributed by atoms with Crippen LogP contribution >= 0.6 is 0 Å². The van der Waals surface area contributed by atoms with Gasteiger partial charge in [-0.3, -0.25) is 9.69 Å². The molecule has 146 valence electrons. The number of hydrogen-bond donors (Lipinski definition) is 0. The quantitative estimate of drug-likeness (QED) is 0.701. The Bertz CT molecular complexity index is 493. The number of rotatable bonds is 4. The van der Waals surface area contributed by atoms with Crippen molar-refractivity contribution in [3.63, 3.8) is 0 Å². The molecule has 25 heavy (non-hydrogen) atoms. The predicted molar refractivity (Wildman–Crippen MR) is 100 cm³/mol. The molecule has 1 aliphatic rings. The van der Waals surface area contributed by atoms with Crippen LogP contribution in [0.4, 0.5) is 4.79 Å². The van der Waals surface area contributed by atoms with Crippen LogP contribution in [0.1, 0.15) is 48.0 Å². The molecule has 0 bridgehead atoms. The number of amides is 1. The predicted octanol–water partition coefficient (Wildman–Crippen LogP) is 3.81. The third kappa shape index (κ3) is 5.99. The number of ether oxygens (including phenoxy) is 2. The molecule has 2 atom stereocenters. The van der Waals surface area contributed by atoms with Gasteiger partial charge in [0.1, 0.15) is 11.6 Å². The Morgan fingerprint density at radius 3 is 2.12 bits per heavy atom. The molecule has 0 aromatic rings. The summed E-state index contributed by atoms with van der Waals surface area (Å²) in [4.78, 5) is 26.9. The molecule has 1 rings (SSSR count). The normalized spacial score (nSPS) is 22.0. The van der Waals surface area contributed by atoms with E-state index < -0.39 is 26.1 Å². The van der Waals surface area contributed by atoms with E-state index in [1.165, 1.54) is 4.90 Å². The molecule has 0 saturated carbocycles. The first-order chi connectivity index (χ1) is 11.2. The molecule has 7 heteroatoms. The lowest BCUT2D eigenvalue weighted by atomic mass is 10.1. The van der Waals surface area contributed by atoms with Crippen LogP contribution in [-0.4, -0.2) is 57.2 Å². The van der Waals surface area contributed by atoms with Gasteiger partial charge in [-0.1, -0.05) is 20.8 Å². The summed E-state index contributed by atoms with van der Waals surface area (Å²) in [5.41, 5.74) is -0.607. The molecule has 1 heterocycles. The van der Waals surface area contributed by atoms with Crippen molar-refractivity contribution in [2.75, 3.05) is 20.3 Å². The van der Waals surface area contributed by atoms with Crippen molar-refractivity contribution in [1.29, 1.82) is 0 Å². The van der Waals surface area contributed by atoms with E-state index in [-0.39, 0.29) is 16.9 Å². The van der Waals surface area contributed by atoms with E-state index in [0.29, 0.717) is 19.6 Å². The van der Waals surface area contributed by atoms with Crippen LogP contribution < -0.4 is 0 Å². The molecular weight excluding hydrogens is 338 g/mol. The van der Waals surface area contributed by atoms with Gasteiger partial charge in [0, 0.05) is 19.6 Å². The number of likely N-dealkylation sites (tertiary alicyclic amines) is 1. The van der Waals surface area contributed by atoms with Crippen molar-refractivity contribution in [1.82, 2.24) is 4.90 Å². The van der Waals surface area contributed by atoms with Crippen LogP contribution in [0.3, 0.4) is 0 Å². The Morgan fingerprint density at radius 1 is 1.12 bits per heavy atom. The van der Waals surface area contributed by atoms with Gasteiger partial charge in [-0.2, -0.15) is 0 Å². The van der Waals surface area contributed by atoms with Crippen molar-refractivity contribution in [3.05, 3.63) is 0 Å². The lowest BCUT2D eigenvalue weighted by molar-refractivity contribution is -0.140. The van der Waals surface area contributed by atoms with Crippen molar-refractivity contribution >= 4 is 20.4 Å². The summed E-state index contributed by atoms with van der Waals surface area (Å²) in [6.45, 7) is 16.7. The van der Waals surface area contributed by atoms with Gasteiger partial charge >= 0.3 is 12.1 Å². The maximum Gasteiger partial charge on any atom is 0.411 e. The highest BCUT2D eigenvalue weighted by Crippen LogP contribution is 2.38. The molecule has 0 spiro atoms. The third-order valence-corrected chi connectivity index (χ3v) is 9.18. The second-order valence-corrected chi connectivity index (χ2v) is 14.1. The molecule has 1 fully saturated rings. The van der Waals surface area contributed by atoms with Crippen LogP contribution in [-0.2, 0) is 18.7 Å². The van der Waals surface area contributed by atoms with E-state index in [2.05, 4.69) is 20.8 Å². The lowest BCUT2D eigenvalue weighted by Gasteiger charge is -2.37. The molecule has 0 N–H and O–H groups in total. The largest absolute Gasteiger partial charge is 0.518 e. The monoisotopic (exact) mass is 373 g/mol.